The Morgan fingerprint density at radius 2 is 2.00 bits per heavy atom. The molecular weight excluding hydrogens is 214 g/mol. The van der Waals surface area contributed by atoms with E-state index in [1.807, 2.05) is 11.9 Å². The van der Waals surface area contributed by atoms with Gasteiger partial charge in [0.2, 0.25) is 5.91 Å². The lowest BCUT2D eigenvalue weighted by molar-refractivity contribution is -0.135. The Bertz CT molecular complexity index is 257. The van der Waals surface area contributed by atoms with Gasteiger partial charge in [0.25, 0.3) is 0 Å². The fourth-order valence-corrected chi connectivity index (χ4v) is 2.61. The first-order valence-electron chi connectivity index (χ1n) is 6.81. The molecule has 0 unspecified atom stereocenters. The summed E-state index contributed by atoms with van der Waals surface area (Å²) in [6.45, 7) is 5.11. The van der Waals surface area contributed by atoms with E-state index in [0.717, 1.165) is 25.6 Å². The summed E-state index contributed by atoms with van der Waals surface area (Å²) < 4.78 is 0. The van der Waals surface area contributed by atoms with E-state index >= 15 is 0 Å². The van der Waals surface area contributed by atoms with E-state index < -0.39 is 0 Å². The lowest BCUT2D eigenvalue weighted by Crippen LogP contribution is -2.51. The van der Waals surface area contributed by atoms with E-state index in [0.29, 0.717) is 5.91 Å². The topological polar surface area (TPSA) is 35.6 Å². The van der Waals surface area contributed by atoms with Crippen molar-refractivity contribution in [3.63, 3.8) is 0 Å². The lowest BCUT2D eigenvalue weighted by atomic mass is 9.93. The Hall–Kier alpha value is -0.610. The van der Waals surface area contributed by atoms with E-state index in [9.17, 15) is 4.79 Å². The van der Waals surface area contributed by atoms with Crippen LogP contribution in [0.3, 0.4) is 0 Å². The first-order chi connectivity index (χ1) is 8.16. The molecule has 0 aromatic rings. The summed E-state index contributed by atoms with van der Waals surface area (Å²) in [5.74, 6) is 1.40. The molecule has 0 saturated carbocycles. The SMILES string of the molecule is CN1CCC(CCN(C)C(=O)C2CNC2)CC1. The number of nitrogens with zero attached hydrogens (tertiary/aromatic N) is 2. The second-order valence-electron chi connectivity index (χ2n) is 5.65. The van der Waals surface area contributed by atoms with Crippen LogP contribution in [0.2, 0.25) is 0 Å². The molecule has 2 saturated heterocycles. The Labute approximate surface area is 104 Å². The molecule has 98 valence electrons. The standard InChI is InChI=1S/C13H25N3O/c1-15-6-3-11(4-7-15)5-8-16(2)13(17)12-9-14-10-12/h11-12,14H,3-10H2,1-2H3. The van der Waals surface area contributed by atoms with Crippen molar-refractivity contribution >= 4 is 5.91 Å². The molecular formula is C13H25N3O. The zero-order valence-electron chi connectivity index (χ0n) is 11.1. The summed E-state index contributed by atoms with van der Waals surface area (Å²) >= 11 is 0. The number of nitrogens with one attached hydrogen (secondary N) is 1. The number of carbonyl (C=O) groups excluding carboxylic acids is 1. The number of amides is 1. The van der Waals surface area contributed by atoms with E-state index in [-0.39, 0.29) is 5.92 Å². The van der Waals surface area contributed by atoms with Crippen molar-refractivity contribution in [3.05, 3.63) is 0 Å². The number of likely N-dealkylation sites (tertiary alicyclic amines) is 1. The predicted molar refractivity (Wildman–Crippen MR) is 68.8 cm³/mol. The molecule has 1 N–H and O–H groups in total. The monoisotopic (exact) mass is 239 g/mol. The van der Waals surface area contributed by atoms with Crippen molar-refractivity contribution in [1.82, 2.24) is 15.1 Å². The van der Waals surface area contributed by atoms with Gasteiger partial charge in [-0.1, -0.05) is 0 Å². The largest absolute Gasteiger partial charge is 0.345 e. The molecule has 2 fully saturated rings. The Morgan fingerprint density at radius 1 is 1.35 bits per heavy atom. The van der Waals surface area contributed by atoms with Crippen LogP contribution in [0.5, 0.6) is 0 Å². The minimum absolute atomic E-state index is 0.248. The highest BCUT2D eigenvalue weighted by Gasteiger charge is 2.27. The molecule has 1 amide bonds. The van der Waals surface area contributed by atoms with Crippen LogP contribution in [0.1, 0.15) is 19.3 Å². The molecule has 0 radical (unpaired) electrons. The minimum Gasteiger partial charge on any atom is -0.345 e. The quantitative estimate of drug-likeness (QED) is 0.771. The van der Waals surface area contributed by atoms with Crippen LogP contribution in [-0.2, 0) is 4.79 Å². The molecule has 2 rings (SSSR count). The van der Waals surface area contributed by atoms with E-state index in [4.69, 9.17) is 0 Å². The molecule has 2 aliphatic heterocycles. The third-order valence-electron chi connectivity index (χ3n) is 4.22. The lowest BCUT2D eigenvalue weighted by Gasteiger charge is -2.32. The van der Waals surface area contributed by atoms with Crippen LogP contribution in [-0.4, -0.2) is 62.5 Å². The fourth-order valence-electron chi connectivity index (χ4n) is 2.61. The molecule has 0 aromatic heterocycles. The molecule has 0 aliphatic carbocycles. The molecule has 0 aromatic carbocycles. The first kappa shape index (κ1) is 12.8. The van der Waals surface area contributed by atoms with Crippen LogP contribution in [0, 0.1) is 11.8 Å². The van der Waals surface area contributed by atoms with Crippen molar-refractivity contribution in [2.24, 2.45) is 11.8 Å². The van der Waals surface area contributed by atoms with Gasteiger partial charge >= 0.3 is 0 Å². The van der Waals surface area contributed by atoms with Gasteiger partial charge in [0.1, 0.15) is 0 Å². The van der Waals surface area contributed by atoms with Gasteiger partial charge in [-0.3, -0.25) is 4.79 Å². The van der Waals surface area contributed by atoms with Crippen molar-refractivity contribution in [2.45, 2.75) is 19.3 Å². The molecule has 17 heavy (non-hydrogen) atoms. The average Bonchev–Trinajstić information content (AvgIpc) is 2.25. The Kier molecular flexibility index (Phi) is 4.40. The number of rotatable bonds is 4. The van der Waals surface area contributed by atoms with Crippen LogP contribution in [0.4, 0.5) is 0 Å². The van der Waals surface area contributed by atoms with Gasteiger partial charge in [-0.15, -0.1) is 0 Å². The second kappa shape index (κ2) is 5.83. The van der Waals surface area contributed by atoms with Gasteiger partial charge in [0, 0.05) is 26.7 Å². The highest BCUT2D eigenvalue weighted by Crippen LogP contribution is 2.20. The summed E-state index contributed by atoms with van der Waals surface area (Å²) in [7, 11) is 4.14. The summed E-state index contributed by atoms with van der Waals surface area (Å²) in [5, 5.41) is 3.15. The normalized spacial score (nSPS) is 23.4. The summed E-state index contributed by atoms with van der Waals surface area (Å²) in [6, 6.07) is 0. The van der Waals surface area contributed by atoms with Crippen molar-refractivity contribution in [1.29, 1.82) is 0 Å². The number of hydrogen-bond donors (Lipinski definition) is 1. The van der Waals surface area contributed by atoms with Gasteiger partial charge in [0.05, 0.1) is 5.92 Å². The van der Waals surface area contributed by atoms with E-state index in [1.54, 1.807) is 0 Å². The van der Waals surface area contributed by atoms with Crippen LogP contribution in [0.15, 0.2) is 0 Å². The average molecular weight is 239 g/mol. The van der Waals surface area contributed by atoms with Gasteiger partial charge in [-0.2, -0.15) is 0 Å². The minimum atomic E-state index is 0.248. The van der Waals surface area contributed by atoms with Gasteiger partial charge in [0.15, 0.2) is 0 Å². The molecule has 0 bridgehead atoms. The van der Waals surface area contributed by atoms with Crippen molar-refractivity contribution in [3.8, 4) is 0 Å². The highest BCUT2D eigenvalue weighted by molar-refractivity contribution is 5.79. The van der Waals surface area contributed by atoms with Gasteiger partial charge < -0.3 is 15.1 Å². The third kappa shape index (κ3) is 3.42. The summed E-state index contributed by atoms with van der Waals surface area (Å²) in [4.78, 5) is 16.3. The zero-order valence-corrected chi connectivity index (χ0v) is 11.1. The number of hydrogen-bond acceptors (Lipinski definition) is 3. The van der Waals surface area contributed by atoms with Crippen molar-refractivity contribution < 1.29 is 4.79 Å². The second-order valence-corrected chi connectivity index (χ2v) is 5.65. The number of carbonyl (C=O) groups is 1. The maximum atomic E-state index is 11.9. The van der Waals surface area contributed by atoms with Crippen LogP contribution in [0.25, 0.3) is 0 Å². The van der Waals surface area contributed by atoms with E-state index in [2.05, 4.69) is 17.3 Å². The molecule has 2 aliphatic rings. The van der Waals surface area contributed by atoms with Crippen LogP contribution < -0.4 is 5.32 Å². The molecule has 4 nitrogen and oxygen atoms in total. The zero-order chi connectivity index (χ0) is 12.3. The van der Waals surface area contributed by atoms with Gasteiger partial charge in [-0.05, 0) is 45.3 Å². The maximum absolute atomic E-state index is 11.9. The fraction of sp³-hybridized carbons (Fsp3) is 0.923. The summed E-state index contributed by atoms with van der Waals surface area (Å²) in [6.07, 6.45) is 3.77. The Morgan fingerprint density at radius 3 is 2.53 bits per heavy atom. The van der Waals surface area contributed by atoms with Crippen molar-refractivity contribution in [2.75, 3.05) is 46.8 Å². The molecule has 2 heterocycles. The third-order valence-corrected chi connectivity index (χ3v) is 4.22. The highest BCUT2D eigenvalue weighted by atomic mass is 16.2. The van der Waals surface area contributed by atoms with Crippen LogP contribution >= 0.6 is 0 Å². The van der Waals surface area contributed by atoms with E-state index in [1.165, 1.54) is 32.4 Å². The maximum Gasteiger partial charge on any atom is 0.227 e. The Balaban J connectivity index is 1.65. The summed E-state index contributed by atoms with van der Waals surface area (Å²) in [5.41, 5.74) is 0. The molecule has 0 atom stereocenters. The molecule has 0 spiro atoms. The smallest absolute Gasteiger partial charge is 0.227 e. The molecule has 4 heteroatoms. The number of piperidine rings is 1. The first-order valence-corrected chi connectivity index (χ1v) is 6.81. The predicted octanol–water partition coefficient (Wildman–Crippen LogP) is 0.396. The van der Waals surface area contributed by atoms with Gasteiger partial charge in [-0.25, -0.2) is 0 Å².